The van der Waals surface area contributed by atoms with Gasteiger partial charge in [0.1, 0.15) is 5.69 Å². The van der Waals surface area contributed by atoms with E-state index in [1.54, 1.807) is 24.0 Å². The zero-order valence-corrected chi connectivity index (χ0v) is 14.1. The number of rotatable bonds is 5. The van der Waals surface area contributed by atoms with Gasteiger partial charge in [-0.3, -0.25) is 9.48 Å². The molecule has 1 aromatic carbocycles. The Morgan fingerprint density at radius 1 is 1.45 bits per heavy atom. The Kier molecular flexibility index (Phi) is 6.87. The molecule has 0 spiro atoms. The fraction of sp³-hybridized carbons (Fsp3) is 0.333. The molecule has 22 heavy (non-hydrogen) atoms. The van der Waals surface area contributed by atoms with E-state index in [2.05, 4.69) is 10.4 Å². The zero-order chi connectivity index (χ0) is 15.4. The van der Waals surface area contributed by atoms with Crippen molar-refractivity contribution in [3.8, 4) is 11.3 Å². The van der Waals surface area contributed by atoms with Crippen molar-refractivity contribution >= 4 is 29.9 Å². The number of aromatic nitrogens is 2. The number of carbonyl (C=O) groups excluding carboxylic acids is 1. The molecule has 120 valence electrons. The summed E-state index contributed by atoms with van der Waals surface area (Å²) in [7, 11) is 1.78. The predicted molar refractivity (Wildman–Crippen MR) is 91.5 cm³/mol. The summed E-state index contributed by atoms with van der Waals surface area (Å²) in [6, 6.07) is 7.40. The van der Waals surface area contributed by atoms with Gasteiger partial charge in [0.15, 0.2) is 0 Å². The first-order valence-electron chi connectivity index (χ1n) is 6.81. The zero-order valence-electron chi connectivity index (χ0n) is 12.5. The maximum absolute atomic E-state index is 12.3. The highest BCUT2D eigenvalue weighted by molar-refractivity contribution is 6.33. The number of carbonyl (C=O) groups is 1. The van der Waals surface area contributed by atoms with E-state index in [9.17, 15) is 4.79 Å². The van der Waals surface area contributed by atoms with E-state index in [4.69, 9.17) is 17.3 Å². The Hall–Kier alpha value is -1.56. The first-order valence-corrected chi connectivity index (χ1v) is 7.19. The molecule has 2 aromatic rings. The quantitative estimate of drug-likeness (QED) is 0.877. The lowest BCUT2D eigenvalue weighted by Crippen LogP contribution is -2.29. The second-order valence-electron chi connectivity index (χ2n) is 5.07. The van der Waals surface area contributed by atoms with Gasteiger partial charge in [-0.2, -0.15) is 5.10 Å². The standard InChI is InChI=1S/C15H19ClN4O.ClH/c1-10(17)7-8-18-15(21)12-9-20(2)19-14(12)11-5-3-4-6-13(11)16;/h3-6,9-10H,7-8,17H2,1-2H3,(H,18,21);1H. The SMILES string of the molecule is CC(N)CCNC(=O)c1cn(C)nc1-c1ccccc1Cl.Cl. The van der Waals surface area contributed by atoms with Crippen molar-refractivity contribution in [2.45, 2.75) is 19.4 Å². The Morgan fingerprint density at radius 3 is 2.77 bits per heavy atom. The third-order valence-corrected chi connectivity index (χ3v) is 3.42. The minimum atomic E-state index is -0.168. The molecule has 0 radical (unpaired) electrons. The Balaban J connectivity index is 0.00000242. The second kappa shape index (κ2) is 8.17. The second-order valence-corrected chi connectivity index (χ2v) is 5.47. The van der Waals surface area contributed by atoms with E-state index < -0.39 is 0 Å². The first-order chi connectivity index (χ1) is 9.99. The summed E-state index contributed by atoms with van der Waals surface area (Å²) in [5.74, 6) is -0.168. The molecule has 1 heterocycles. The smallest absolute Gasteiger partial charge is 0.255 e. The third-order valence-electron chi connectivity index (χ3n) is 3.09. The molecule has 0 aliphatic heterocycles. The molecule has 3 N–H and O–H groups in total. The maximum atomic E-state index is 12.3. The van der Waals surface area contributed by atoms with Gasteiger partial charge in [-0.05, 0) is 19.4 Å². The minimum absolute atomic E-state index is 0. The van der Waals surface area contributed by atoms with Crippen molar-refractivity contribution in [2.75, 3.05) is 6.54 Å². The van der Waals surface area contributed by atoms with Crippen LogP contribution in [0.15, 0.2) is 30.5 Å². The van der Waals surface area contributed by atoms with Crippen molar-refractivity contribution in [3.05, 3.63) is 41.0 Å². The van der Waals surface area contributed by atoms with Crippen molar-refractivity contribution < 1.29 is 4.79 Å². The van der Waals surface area contributed by atoms with Gasteiger partial charge < -0.3 is 11.1 Å². The summed E-state index contributed by atoms with van der Waals surface area (Å²) in [5, 5.41) is 7.78. The van der Waals surface area contributed by atoms with Crippen LogP contribution in [0.5, 0.6) is 0 Å². The van der Waals surface area contributed by atoms with Gasteiger partial charge >= 0.3 is 0 Å². The van der Waals surface area contributed by atoms with Crippen LogP contribution in [0.3, 0.4) is 0 Å². The third kappa shape index (κ3) is 4.47. The first kappa shape index (κ1) is 18.5. The number of benzene rings is 1. The topological polar surface area (TPSA) is 72.9 Å². The van der Waals surface area contributed by atoms with Gasteiger partial charge in [0, 0.05) is 31.4 Å². The highest BCUT2D eigenvalue weighted by Gasteiger charge is 2.18. The Bertz CT molecular complexity index is 640. The largest absolute Gasteiger partial charge is 0.352 e. The van der Waals surface area contributed by atoms with Gasteiger partial charge in [0.2, 0.25) is 0 Å². The van der Waals surface area contributed by atoms with Crippen LogP contribution >= 0.6 is 24.0 Å². The summed E-state index contributed by atoms with van der Waals surface area (Å²) in [6.07, 6.45) is 2.42. The van der Waals surface area contributed by atoms with E-state index >= 15 is 0 Å². The lowest BCUT2D eigenvalue weighted by molar-refractivity contribution is 0.0953. The monoisotopic (exact) mass is 342 g/mol. The molecular weight excluding hydrogens is 323 g/mol. The molecule has 1 unspecified atom stereocenters. The van der Waals surface area contributed by atoms with E-state index in [1.165, 1.54) is 0 Å². The molecule has 0 saturated carbocycles. The molecule has 0 bridgehead atoms. The number of nitrogens with zero attached hydrogens (tertiary/aromatic N) is 2. The predicted octanol–water partition coefficient (Wildman–Crippen LogP) is 2.63. The molecule has 0 aliphatic carbocycles. The molecule has 7 heteroatoms. The maximum Gasteiger partial charge on any atom is 0.255 e. The molecule has 2 rings (SSSR count). The lowest BCUT2D eigenvalue weighted by atomic mass is 10.1. The van der Waals surface area contributed by atoms with Gasteiger partial charge in [-0.15, -0.1) is 12.4 Å². The van der Waals surface area contributed by atoms with Crippen LogP contribution in [0.4, 0.5) is 0 Å². The number of nitrogens with one attached hydrogen (secondary N) is 1. The average molecular weight is 343 g/mol. The number of aryl methyl sites for hydroxylation is 1. The highest BCUT2D eigenvalue weighted by atomic mass is 35.5. The van der Waals surface area contributed by atoms with E-state index in [0.717, 1.165) is 12.0 Å². The number of hydrogen-bond donors (Lipinski definition) is 2. The van der Waals surface area contributed by atoms with Gasteiger partial charge in [-0.25, -0.2) is 0 Å². The molecular formula is C15H20Cl2N4O. The van der Waals surface area contributed by atoms with Crippen LogP contribution in [-0.2, 0) is 7.05 Å². The van der Waals surface area contributed by atoms with Crippen molar-refractivity contribution in [1.82, 2.24) is 15.1 Å². The van der Waals surface area contributed by atoms with Crippen LogP contribution < -0.4 is 11.1 Å². The normalized spacial score (nSPS) is 11.6. The summed E-state index contributed by atoms with van der Waals surface area (Å²) < 4.78 is 1.61. The fourth-order valence-electron chi connectivity index (χ4n) is 2.02. The number of nitrogens with two attached hydrogens (primary N) is 1. The molecule has 1 aromatic heterocycles. The number of amides is 1. The Morgan fingerprint density at radius 2 is 2.14 bits per heavy atom. The van der Waals surface area contributed by atoms with Gasteiger partial charge in [0.25, 0.3) is 5.91 Å². The fourth-order valence-corrected chi connectivity index (χ4v) is 2.24. The molecule has 5 nitrogen and oxygen atoms in total. The van der Waals surface area contributed by atoms with Crippen LogP contribution in [0, 0.1) is 0 Å². The molecule has 0 saturated heterocycles. The molecule has 1 amide bonds. The van der Waals surface area contributed by atoms with Crippen LogP contribution in [-0.4, -0.2) is 28.3 Å². The lowest BCUT2D eigenvalue weighted by Gasteiger charge is -2.08. The molecule has 0 fully saturated rings. The average Bonchev–Trinajstić information content (AvgIpc) is 2.80. The van der Waals surface area contributed by atoms with Gasteiger partial charge in [0.05, 0.1) is 10.6 Å². The summed E-state index contributed by atoms with van der Waals surface area (Å²) in [4.78, 5) is 12.3. The summed E-state index contributed by atoms with van der Waals surface area (Å²) in [6.45, 7) is 2.44. The summed E-state index contributed by atoms with van der Waals surface area (Å²) in [5.41, 5.74) is 7.52. The van der Waals surface area contributed by atoms with Gasteiger partial charge in [-0.1, -0.05) is 29.8 Å². The van der Waals surface area contributed by atoms with Crippen molar-refractivity contribution in [2.24, 2.45) is 12.8 Å². The van der Waals surface area contributed by atoms with Crippen LogP contribution in [0.1, 0.15) is 23.7 Å². The van der Waals surface area contributed by atoms with E-state index in [1.807, 2.05) is 25.1 Å². The van der Waals surface area contributed by atoms with Crippen molar-refractivity contribution in [3.63, 3.8) is 0 Å². The summed E-state index contributed by atoms with van der Waals surface area (Å²) >= 11 is 6.19. The highest BCUT2D eigenvalue weighted by Crippen LogP contribution is 2.28. The molecule has 0 aliphatic rings. The van der Waals surface area contributed by atoms with Crippen LogP contribution in [0.25, 0.3) is 11.3 Å². The Labute approximate surface area is 141 Å². The van der Waals surface area contributed by atoms with E-state index in [0.29, 0.717) is 22.8 Å². The minimum Gasteiger partial charge on any atom is -0.352 e. The number of hydrogen-bond acceptors (Lipinski definition) is 3. The number of halogens is 2. The molecule has 1 atom stereocenters. The van der Waals surface area contributed by atoms with Crippen LogP contribution in [0.2, 0.25) is 5.02 Å². The van der Waals surface area contributed by atoms with Crippen molar-refractivity contribution in [1.29, 1.82) is 0 Å². The van der Waals surface area contributed by atoms with E-state index in [-0.39, 0.29) is 24.4 Å².